The molecule has 3 N–H and O–H groups in total. The Hall–Kier alpha value is -0.300. The number of rotatable bonds is 0. The first-order chi connectivity index (χ1) is 6.38. The van der Waals surface area contributed by atoms with E-state index in [9.17, 15) is 19.0 Å². The molecule has 0 aromatic rings. The second kappa shape index (κ2) is 2.85. The molecule has 14 heavy (non-hydrogen) atoms. The lowest BCUT2D eigenvalue weighted by Gasteiger charge is -2.50. The lowest BCUT2D eigenvalue weighted by atomic mass is 9.82. The Bertz CT molecular complexity index is 245. The average Bonchev–Trinajstić information content (AvgIpc) is 2.14. The van der Waals surface area contributed by atoms with Crippen LogP contribution in [0.25, 0.3) is 0 Å². The normalized spacial score (nSPS) is 51.6. The molecule has 82 valence electrons. The largest absolute Gasteiger partial charge is 0.387 e. The molecule has 0 aromatic carbocycles. The maximum atomic E-state index is 13.3. The van der Waals surface area contributed by atoms with Crippen molar-refractivity contribution in [3.05, 3.63) is 0 Å². The molecule has 0 saturated carbocycles. The first-order valence-corrected chi connectivity index (χ1v) is 4.52. The van der Waals surface area contributed by atoms with E-state index in [1.807, 2.05) is 0 Å². The number of fused-ring (bicyclic) bond motifs is 2. The molecule has 0 aromatic heterocycles. The Morgan fingerprint density at radius 1 is 1.29 bits per heavy atom. The minimum absolute atomic E-state index is 0.222. The summed E-state index contributed by atoms with van der Waals surface area (Å²) in [6.07, 6.45) is -4.29. The topological polar surface area (TPSA) is 69.9 Å². The van der Waals surface area contributed by atoms with Gasteiger partial charge in [0.05, 0.1) is 6.10 Å². The fourth-order valence-electron chi connectivity index (χ4n) is 2.05. The molecule has 4 atom stereocenters. The van der Waals surface area contributed by atoms with Gasteiger partial charge in [-0.2, -0.15) is 8.78 Å². The van der Waals surface area contributed by atoms with Crippen LogP contribution in [-0.4, -0.2) is 45.3 Å². The van der Waals surface area contributed by atoms with E-state index in [1.165, 1.54) is 0 Å². The van der Waals surface area contributed by atoms with Crippen LogP contribution in [0.2, 0.25) is 0 Å². The average molecular weight is 210 g/mol. The van der Waals surface area contributed by atoms with Crippen molar-refractivity contribution in [1.29, 1.82) is 0 Å². The number of ether oxygens (including phenoxy) is 1. The Morgan fingerprint density at radius 2 is 1.93 bits per heavy atom. The molecule has 2 saturated heterocycles. The highest BCUT2D eigenvalue weighted by molar-refractivity contribution is 5.03. The summed E-state index contributed by atoms with van der Waals surface area (Å²) >= 11 is 0. The minimum Gasteiger partial charge on any atom is -0.387 e. The van der Waals surface area contributed by atoms with Crippen molar-refractivity contribution in [1.82, 2.24) is 0 Å². The molecule has 0 amide bonds. The smallest absolute Gasteiger partial charge is 0.328 e. The van der Waals surface area contributed by atoms with Crippen molar-refractivity contribution in [3.63, 3.8) is 0 Å². The van der Waals surface area contributed by atoms with Crippen LogP contribution in [0.15, 0.2) is 0 Å². The molecule has 0 aliphatic carbocycles. The summed E-state index contributed by atoms with van der Waals surface area (Å²) in [6, 6.07) is 0. The lowest BCUT2D eigenvalue weighted by Crippen LogP contribution is -2.70. The van der Waals surface area contributed by atoms with Gasteiger partial charge in [0.25, 0.3) is 0 Å². The van der Waals surface area contributed by atoms with Gasteiger partial charge in [0.15, 0.2) is 6.10 Å². The zero-order valence-electron chi connectivity index (χ0n) is 7.36. The van der Waals surface area contributed by atoms with Crippen LogP contribution in [0.4, 0.5) is 8.78 Å². The third kappa shape index (κ3) is 1.11. The van der Waals surface area contributed by atoms with E-state index >= 15 is 0 Å². The Labute approximate surface area is 79.1 Å². The van der Waals surface area contributed by atoms with Crippen LogP contribution in [0.1, 0.15) is 19.3 Å². The summed E-state index contributed by atoms with van der Waals surface area (Å²) < 4.78 is 31.3. The third-order valence-electron chi connectivity index (χ3n) is 2.95. The molecule has 2 aliphatic rings. The van der Waals surface area contributed by atoms with E-state index in [1.54, 1.807) is 0 Å². The Kier molecular flexibility index (Phi) is 2.08. The second-order valence-corrected chi connectivity index (χ2v) is 3.89. The van der Waals surface area contributed by atoms with E-state index in [0.717, 1.165) is 0 Å². The van der Waals surface area contributed by atoms with Gasteiger partial charge in [0.1, 0.15) is 6.10 Å². The highest BCUT2D eigenvalue weighted by Gasteiger charge is 2.67. The monoisotopic (exact) mass is 210 g/mol. The maximum absolute atomic E-state index is 13.3. The van der Waals surface area contributed by atoms with E-state index in [4.69, 9.17) is 9.84 Å². The summed E-state index contributed by atoms with van der Waals surface area (Å²) in [6.45, 7) is 0. The van der Waals surface area contributed by atoms with Crippen LogP contribution in [0.5, 0.6) is 0 Å². The molecule has 0 spiro atoms. The molecule has 2 fully saturated rings. The van der Waals surface area contributed by atoms with Gasteiger partial charge in [0.2, 0.25) is 5.79 Å². The van der Waals surface area contributed by atoms with E-state index in [2.05, 4.69) is 0 Å². The van der Waals surface area contributed by atoms with Gasteiger partial charge in [-0.25, -0.2) is 0 Å². The van der Waals surface area contributed by atoms with E-state index < -0.39 is 30.0 Å². The summed E-state index contributed by atoms with van der Waals surface area (Å²) in [5, 5.41) is 27.9. The Morgan fingerprint density at radius 3 is 2.57 bits per heavy atom. The molecule has 0 unspecified atom stereocenters. The van der Waals surface area contributed by atoms with Gasteiger partial charge in [-0.15, -0.1) is 0 Å². The minimum atomic E-state index is -3.82. The molecule has 2 aliphatic heterocycles. The number of aliphatic hydroxyl groups is 3. The predicted molar refractivity (Wildman–Crippen MR) is 40.6 cm³/mol. The van der Waals surface area contributed by atoms with Crippen molar-refractivity contribution < 1.29 is 28.8 Å². The highest BCUT2D eigenvalue weighted by Crippen LogP contribution is 2.47. The number of halogens is 2. The lowest BCUT2D eigenvalue weighted by molar-refractivity contribution is -0.415. The van der Waals surface area contributed by atoms with Gasteiger partial charge in [0, 0.05) is 6.42 Å². The van der Waals surface area contributed by atoms with Crippen LogP contribution >= 0.6 is 0 Å². The van der Waals surface area contributed by atoms with Crippen molar-refractivity contribution in [2.75, 3.05) is 0 Å². The molecular weight excluding hydrogens is 198 g/mol. The van der Waals surface area contributed by atoms with Crippen LogP contribution < -0.4 is 0 Å². The van der Waals surface area contributed by atoms with Crippen molar-refractivity contribution in [2.45, 2.75) is 49.3 Å². The zero-order valence-corrected chi connectivity index (χ0v) is 7.36. The third-order valence-corrected chi connectivity index (χ3v) is 2.95. The van der Waals surface area contributed by atoms with Gasteiger partial charge in [-0.3, -0.25) is 0 Å². The SMILES string of the molecule is O[C@H]1[C@@H](O)C(F)(F)[C@]2(O)CCC[C@H]1O2. The van der Waals surface area contributed by atoms with Gasteiger partial charge >= 0.3 is 5.92 Å². The number of hydrogen-bond acceptors (Lipinski definition) is 4. The second-order valence-electron chi connectivity index (χ2n) is 3.89. The zero-order chi connectivity index (χ0) is 10.6. The molecular formula is C8H12F2O4. The van der Waals surface area contributed by atoms with Gasteiger partial charge in [-0.05, 0) is 12.8 Å². The van der Waals surface area contributed by atoms with Gasteiger partial charge < -0.3 is 20.1 Å². The number of hydrogen-bond donors (Lipinski definition) is 3. The Balaban J connectivity index is 2.34. The van der Waals surface area contributed by atoms with Crippen molar-refractivity contribution in [2.24, 2.45) is 0 Å². The first-order valence-electron chi connectivity index (χ1n) is 4.52. The molecule has 6 heteroatoms. The van der Waals surface area contributed by atoms with Crippen molar-refractivity contribution >= 4 is 0 Å². The summed E-state index contributed by atoms with van der Waals surface area (Å²) in [7, 11) is 0. The number of alkyl halides is 2. The molecule has 2 rings (SSSR count). The molecule has 2 heterocycles. The molecule has 2 bridgehead atoms. The van der Waals surface area contributed by atoms with Crippen LogP contribution in [0.3, 0.4) is 0 Å². The first kappa shape index (κ1) is 10.2. The quantitative estimate of drug-likeness (QED) is 0.509. The summed E-state index contributed by atoms with van der Waals surface area (Å²) in [4.78, 5) is 0. The van der Waals surface area contributed by atoms with Crippen LogP contribution in [0, 0.1) is 0 Å². The molecule has 4 nitrogen and oxygen atoms in total. The summed E-state index contributed by atoms with van der Waals surface area (Å²) in [5.41, 5.74) is 0. The molecule has 0 radical (unpaired) electrons. The van der Waals surface area contributed by atoms with Crippen molar-refractivity contribution in [3.8, 4) is 0 Å². The highest BCUT2D eigenvalue weighted by atomic mass is 19.3. The predicted octanol–water partition coefficient (Wildman–Crippen LogP) is -0.385. The van der Waals surface area contributed by atoms with Gasteiger partial charge in [-0.1, -0.05) is 0 Å². The summed E-state index contributed by atoms with van der Waals surface area (Å²) in [5.74, 6) is -6.43. The maximum Gasteiger partial charge on any atom is 0.328 e. The van der Waals surface area contributed by atoms with E-state index in [0.29, 0.717) is 12.8 Å². The fourth-order valence-corrected chi connectivity index (χ4v) is 2.05. The van der Waals surface area contributed by atoms with E-state index in [-0.39, 0.29) is 6.42 Å². The standard InChI is InChI=1S/C8H12F2O4/c9-8(10)6(12)5(11)4-2-1-3-7(8,13)14-4/h4-6,11-13H,1-3H2/t4-,5-,6-,7+/m1/s1. The van der Waals surface area contributed by atoms with Crippen LogP contribution in [-0.2, 0) is 4.74 Å². The fraction of sp³-hybridized carbons (Fsp3) is 1.00. The number of aliphatic hydroxyl groups excluding tert-OH is 2.